The Kier molecular flexibility index (Phi) is 4.44. The van der Waals surface area contributed by atoms with E-state index in [1.807, 2.05) is 47.4 Å². The van der Waals surface area contributed by atoms with Crippen LogP contribution in [-0.2, 0) is 0 Å². The summed E-state index contributed by atoms with van der Waals surface area (Å²) in [7, 11) is 1.66. The number of nitrogens with one attached hydrogen (secondary N) is 1. The number of rotatable bonds is 4. The van der Waals surface area contributed by atoms with Gasteiger partial charge in [-0.05, 0) is 36.6 Å². The Morgan fingerprint density at radius 2 is 2.12 bits per heavy atom. The standard InChI is InChI=1S/C21H21N3O2/c1-26-16-7-4-6-15(14-16)19-10-5-13-24(19)21(25)18-9-3-2-8-17(18)20-22-11-12-23-20/h2-4,6-9,11-12,14,19H,5,10,13H2,1H3,(H,22,23)/t19-/m1/s1. The predicted molar refractivity (Wildman–Crippen MR) is 100 cm³/mol. The topological polar surface area (TPSA) is 58.2 Å². The fourth-order valence-electron chi connectivity index (χ4n) is 3.65. The molecule has 132 valence electrons. The number of carbonyl (C=O) groups excluding carboxylic acids is 1. The summed E-state index contributed by atoms with van der Waals surface area (Å²) in [4.78, 5) is 22.7. The van der Waals surface area contributed by atoms with Crippen molar-refractivity contribution in [2.45, 2.75) is 18.9 Å². The smallest absolute Gasteiger partial charge is 0.255 e. The van der Waals surface area contributed by atoms with Crippen LogP contribution in [0, 0.1) is 0 Å². The molecule has 1 fully saturated rings. The van der Waals surface area contributed by atoms with Crippen molar-refractivity contribution in [3.8, 4) is 17.1 Å². The van der Waals surface area contributed by atoms with Gasteiger partial charge in [-0.15, -0.1) is 0 Å². The summed E-state index contributed by atoms with van der Waals surface area (Å²) in [5, 5.41) is 0. The minimum Gasteiger partial charge on any atom is -0.497 e. The first-order valence-corrected chi connectivity index (χ1v) is 8.81. The molecule has 0 spiro atoms. The zero-order valence-corrected chi connectivity index (χ0v) is 14.7. The molecule has 1 amide bonds. The third kappa shape index (κ3) is 2.96. The van der Waals surface area contributed by atoms with E-state index in [-0.39, 0.29) is 11.9 Å². The van der Waals surface area contributed by atoms with Crippen LogP contribution in [0.4, 0.5) is 0 Å². The minimum absolute atomic E-state index is 0.0438. The zero-order valence-electron chi connectivity index (χ0n) is 14.7. The van der Waals surface area contributed by atoms with Crippen LogP contribution in [0.25, 0.3) is 11.4 Å². The maximum absolute atomic E-state index is 13.4. The number of benzene rings is 2. The van der Waals surface area contributed by atoms with Crippen LogP contribution in [-0.4, -0.2) is 34.4 Å². The number of aromatic nitrogens is 2. The van der Waals surface area contributed by atoms with Gasteiger partial charge in [-0.2, -0.15) is 0 Å². The molecule has 26 heavy (non-hydrogen) atoms. The lowest BCUT2D eigenvalue weighted by Crippen LogP contribution is -2.31. The molecule has 1 saturated heterocycles. The molecule has 2 heterocycles. The molecule has 5 nitrogen and oxygen atoms in total. The molecule has 1 aliphatic rings. The van der Waals surface area contributed by atoms with E-state index < -0.39 is 0 Å². The number of ether oxygens (including phenoxy) is 1. The molecule has 1 N–H and O–H groups in total. The summed E-state index contributed by atoms with van der Waals surface area (Å²) in [6.07, 6.45) is 5.43. The van der Waals surface area contributed by atoms with E-state index in [0.29, 0.717) is 11.4 Å². The molecule has 0 saturated carbocycles. The van der Waals surface area contributed by atoms with E-state index in [2.05, 4.69) is 16.0 Å². The molecule has 0 bridgehead atoms. The second-order valence-electron chi connectivity index (χ2n) is 6.42. The number of imidazole rings is 1. The lowest BCUT2D eigenvalue weighted by molar-refractivity contribution is 0.0736. The Labute approximate surface area is 152 Å². The number of hydrogen-bond acceptors (Lipinski definition) is 3. The van der Waals surface area contributed by atoms with Gasteiger partial charge in [-0.25, -0.2) is 4.98 Å². The molecule has 1 atom stereocenters. The van der Waals surface area contributed by atoms with E-state index in [0.717, 1.165) is 36.3 Å². The monoisotopic (exact) mass is 347 g/mol. The Hall–Kier alpha value is -3.08. The molecule has 0 unspecified atom stereocenters. The van der Waals surface area contributed by atoms with Crippen molar-refractivity contribution >= 4 is 5.91 Å². The van der Waals surface area contributed by atoms with E-state index in [9.17, 15) is 4.79 Å². The van der Waals surface area contributed by atoms with Crippen molar-refractivity contribution in [2.24, 2.45) is 0 Å². The minimum atomic E-state index is 0.0438. The van der Waals surface area contributed by atoms with E-state index in [1.165, 1.54) is 0 Å². The second kappa shape index (κ2) is 7.04. The van der Waals surface area contributed by atoms with Crippen molar-refractivity contribution in [1.82, 2.24) is 14.9 Å². The number of H-pyrrole nitrogens is 1. The number of aromatic amines is 1. The van der Waals surface area contributed by atoms with Crippen molar-refractivity contribution in [2.75, 3.05) is 13.7 Å². The first kappa shape index (κ1) is 16.4. The fraction of sp³-hybridized carbons (Fsp3) is 0.238. The molecular weight excluding hydrogens is 326 g/mol. The fourth-order valence-corrected chi connectivity index (χ4v) is 3.65. The van der Waals surface area contributed by atoms with Gasteiger partial charge in [0.15, 0.2) is 0 Å². The summed E-state index contributed by atoms with van der Waals surface area (Å²) in [6.45, 7) is 0.757. The molecule has 3 aromatic rings. The highest BCUT2D eigenvalue weighted by molar-refractivity contribution is 6.00. The highest BCUT2D eigenvalue weighted by atomic mass is 16.5. The number of amides is 1. The number of likely N-dealkylation sites (tertiary alicyclic amines) is 1. The van der Waals surface area contributed by atoms with Gasteiger partial charge < -0.3 is 14.6 Å². The van der Waals surface area contributed by atoms with Crippen LogP contribution in [0.15, 0.2) is 60.9 Å². The Balaban J connectivity index is 1.68. The van der Waals surface area contributed by atoms with Crippen molar-refractivity contribution in [1.29, 1.82) is 0 Å². The molecule has 2 aromatic carbocycles. The van der Waals surface area contributed by atoms with E-state index in [1.54, 1.807) is 19.5 Å². The van der Waals surface area contributed by atoms with Gasteiger partial charge in [0, 0.05) is 24.5 Å². The highest BCUT2D eigenvalue weighted by Gasteiger charge is 2.32. The Bertz CT molecular complexity index is 905. The van der Waals surface area contributed by atoms with Crippen LogP contribution >= 0.6 is 0 Å². The molecule has 4 rings (SSSR count). The summed E-state index contributed by atoms with van der Waals surface area (Å²) < 4.78 is 5.35. The van der Waals surface area contributed by atoms with Gasteiger partial charge in [-0.3, -0.25) is 4.79 Å². The van der Waals surface area contributed by atoms with E-state index >= 15 is 0 Å². The molecular formula is C21H21N3O2. The zero-order chi connectivity index (χ0) is 17.9. The number of hydrogen-bond donors (Lipinski definition) is 1. The molecule has 0 radical (unpaired) electrons. The van der Waals surface area contributed by atoms with Crippen LogP contribution in [0.1, 0.15) is 34.8 Å². The Morgan fingerprint density at radius 1 is 1.23 bits per heavy atom. The SMILES string of the molecule is COc1cccc([C@H]2CCCN2C(=O)c2ccccc2-c2ncc[nH]2)c1. The summed E-state index contributed by atoms with van der Waals surface area (Å²) in [5.41, 5.74) is 2.63. The normalized spacial score (nSPS) is 16.7. The van der Waals surface area contributed by atoms with Gasteiger partial charge >= 0.3 is 0 Å². The average molecular weight is 347 g/mol. The number of methoxy groups -OCH3 is 1. The maximum atomic E-state index is 13.4. The van der Waals surface area contributed by atoms with Crippen molar-refractivity contribution < 1.29 is 9.53 Å². The molecule has 0 aliphatic carbocycles. The molecule has 1 aliphatic heterocycles. The maximum Gasteiger partial charge on any atom is 0.255 e. The highest BCUT2D eigenvalue weighted by Crippen LogP contribution is 2.35. The number of nitrogens with zero attached hydrogens (tertiary/aromatic N) is 2. The third-order valence-corrected chi connectivity index (χ3v) is 4.90. The lowest BCUT2D eigenvalue weighted by Gasteiger charge is -2.26. The quantitative estimate of drug-likeness (QED) is 0.774. The van der Waals surface area contributed by atoms with Crippen LogP contribution in [0.2, 0.25) is 0 Å². The van der Waals surface area contributed by atoms with Gasteiger partial charge in [0.2, 0.25) is 0 Å². The van der Waals surface area contributed by atoms with Crippen LogP contribution in [0.3, 0.4) is 0 Å². The average Bonchev–Trinajstić information content (AvgIpc) is 3.39. The summed E-state index contributed by atoms with van der Waals surface area (Å²) >= 11 is 0. The summed E-state index contributed by atoms with van der Waals surface area (Å²) in [5.74, 6) is 1.58. The van der Waals surface area contributed by atoms with Crippen molar-refractivity contribution in [3.05, 3.63) is 72.1 Å². The third-order valence-electron chi connectivity index (χ3n) is 4.90. The summed E-state index contributed by atoms with van der Waals surface area (Å²) in [6, 6.07) is 15.7. The number of carbonyl (C=O) groups is 1. The van der Waals surface area contributed by atoms with Crippen LogP contribution in [0.5, 0.6) is 5.75 Å². The van der Waals surface area contributed by atoms with Gasteiger partial charge in [0.25, 0.3) is 5.91 Å². The first-order valence-electron chi connectivity index (χ1n) is 8.81. The van der Waals surface area contributed by atoms with Gasteiger partial charge in [0.05, 0.1) is 18.7 Å². The lowest BCUT2D eigenvalue weighted by atomic mass is 10.0. The van der Waals surface area contributed by atoms with Gasteiger partial charge in [0.1, 0.15) is 11.6 Å². The van der Waals surface area contributed by atoms with Gasteiger partial charge in [-0.1, -0.05) is 30.3 Å². The molecule has 5 heteroatoms. The van der Waals surface area contributed by atoms with E-state index in [4.69, 9.17) is 4.74 Å². The van der Waals surface area contributed by atoms with Crippen LogP contribution < -0.4 is 4.74 Å². The van der Waals surface area contributed by atoms with Crippen molar-refractivity contribution in [3.63, 3.8) is 0 Å². The molecule has 1 aromatic heterocycles. The predicted octanol–water partition coefficient (Wildman–Crippen LogP) is 4.06. The second-order valence-corrected chi connectivity index (χ2v) is 6.42. The first-order chi connectivity index (χ1) is 12.8. The largest absolute Gasteiger partial charge is 0.497 e. The Morgan fingerprint density at radius 3 is 2.92 bits per heavy atom.